The molecule has 0 radical (unpaired) electrons. The molecule has 1 amide bonds. The molecular weight excluding hydrogens is 476 g/mol. The highest BCUT2D eigenvalue weighted by Crippen LogP contribution is 2.41. The van der Waals surface area contributed by atoms with Gasteiger partial charge in [-0.25, -0.2) is 5.01 Å². The lowest BCUT2D eigenvalue weighted by Crippen LogP contribution is -2.47. The molecule has 0 saturated carbocycles. The molecule has 5 nitrogen and oxygen atoms in total. The summed E-state index contributed by atoms with van der Waals surface area (Å²) >= 11 is 10.0. The zero-order valence-electron chi connectivity index (χ0n) is 17.7. The largest absolute Gasteiger partial charge is 0.284 e. The molecule has 164 valence electrons. The maximum absolute atomic E-state index is 13.3. The molecule has 2 aliphatic heterocycles. The van der Waals surface area contributed by atoms with Crippen LogP contribution in [0.1, 0.15) is 50.6 Å². The summed E-state index contributed by atoms with van der Waals surface area (Å²) in [6, 6.07) is 15.7. The molecule has 0 bridgehead atoms. The van der Waals surface area contributed by atoms with Crippen molar-refractivity contribution < 1.29 is 4.79 Å². The highest BCUT2D eigenvalue weighted by Gasteiger charge is 2.40. The number of nitrogens with zero attached hydrogens (tertiary/aromatic N) is 3. The summed E-state index contributed by atoms with van der Waals surface area (Å²) < 4.78 is 1.02. The number of nitrogens with one attached hydrogen (secondary N) is 1. The Kier molecular flexibility index (Phi) is 7.31. The molecule has 2 atom stereocenters. The zero-order valence-corrected chi connectivity index (χ0v) is 20.1. The van der Waals surface area contributed by atoms with Gasteiger partial charge in [-0.3, -0.25) is 15.2 Å². The second-order valence-corrected chi connectivity index (χ2v) is 9.58. The smallest absolute Gasteiger partial charge is 0.282 e. The van der Waals surface area contributed by atoms with Crippen LogP contribution < -0.4 is 10.4 Å². The first-order valence-electron chi connectivity index (χ1n) is 11.0. The van der Waals surface area contributed by atoms with E-state index in [1.165, 1.54) is 19.3 Å². The van der Waals surface area contributed by atoms with Gasteiger partial charge in [-0.05, 0) is 42.7 Å². The van der Waals surface area contributed by atoms with Crippen molar-refractivity contribution in [2.75, 3.05) is 18.1 Å². The van der Waals surface area contributed by atoms with E-state index in [0.29, 0.717) is 10.7 Å². The second kappa shape index (κ2) is 10.2. The number of halogens is 2. The third kappa shape index (κ3) is 5.13. The van der Waals surface area contributed by atoms with Crippen LogP contribution in [0.15, 0.2) is 58.1 Å². The Morgan fingerprint density at radius 2 is 1.68 bits per heavy atom. The molecule has 31 heavy (non-hydrogen) atoms. The quantitative estimate of drug-likeness (QED) is 0.560. The summed E-state index contributed by atoms with van der Waals surface area (Å²) in [5.74, 6) is -0.211. The molecule has 2 heterocycles. The van der Waals surface area contributed by atoms with Crippen molar-refractivity contribution in [1.82, 2.24) is 10.4 Å². The molecule has 0 aliphatic carbocycles. The molecule has 7 heteroatoms. The van der Waals surface area contributed by atoms with E-state index < -0.39 is 0 Å². The normalized spacial score (nSPS) is 22.5. The van der Waals surface area contributed by atoms with E-state index in [2.05, 4.69) is 45.4 Å². The van der Waals surface area contributed by atoms with Gasteiger partial charge >= 0.3 is 0 Å². The van der Waals surface area contributed by atoms with Gasteiger partial charge in [-0.2, -0.15) is 5.10 Å². The summed E-state index contributed by atoms with van der Waals surface area (Å²) in [5.41, 5.74) is 5.55. The van der Waals surface area contributed by atoms with E-state index in [1.54, 1.807) is 0 Å². The topological polar surface area (TPSA) is 47.9 Å². The highest BCUT2D eigenvalue weighted by atomic mass is 79.9. The van der Waals surface area contributed by atoms with Crippen LogP contribution in [0.25, 0.3) is 0 Å². The molecule has 0 unspecified atom stereocenters. The van der Waals surface area contributed by atoms with Crippen molar-refractivity contribution >= 4 is 44.8 Å². The minimum absolute atomic E-state index is 0.0906. The molecular formula is C24H28BrClN4O. The summed E-state index contributed by atoms with van der Waals surface area (Å²) in [6.45, 7) is 3.84. The van der Waals surface area contributed by atoms with E-state index in [1.807, 2.05) is 41.4 Å². The van der Waals surface area contributed by atoms with Crippen LogP contribution in [0.2, 0.25) is 5.02 Å². The number of rotatable bonds is 4. The molecule has 1 saturated heterocycles. The SMILES string of the molecule is C[C@@H]1C(C(=O)NN2CCCCCCC2)=NN(c2ccccc2Cl)[C@@H]1c1ccc(Br)cc1. The lowest BCUT2D eigenvalue weighted by molar-refractivity contribution is -0.119. The standard InChI is InChI=1S/C24H28BrClN4O/c1-17-22(24(31)28-29-15-7-3-2-4-8-16-29)27-30(21-10-6-5-9-20(21)26)23(17)18-11-13-19(25)14-12-18/h5-6,9-14,17,23H,2-4,7-8,15-16H2,1H3,(H,28,31)/t17-,23+/m1/s1. The van der Waals surface area contributed by atoms with Gasteiger partial charge in [0.1, 0.15) is 5.71 Å². The number of para-hydroxylation sites is 1. The van der Waals surface area contributed by atoms with Crippen molar-refractivity contribution in [3.63, 3.8) is 0 Å². The first-order valence-corrected chi connectivity index (χ1v) is 12.2. The number of amides is 1. The molecule has 1 fully saturated rings. The van der Waals surface area contributed by atoms with Crippen LogP contribution in [-0.4, -0.2) is 29.7 Å². The van der Waals surface area contributed by atoms with Crippen LogP contribution in [0.4, 0.5) is 5.69 Å². The predicted molar refractivity (Wildman–Crippen MR) is 130 cm³/mol. The fraction of sp³-hybridized carbons (Fsp3) is 0.417. The lowest BCUT2D eigenvalue weighted by atomic mass is 9.91. The number of hydrogen-bond donors (Lipinski definition) is 1. The van der Waals surface area contributed by atoms with Gasteiger partial charge < -0.3 is 0 Å². The molecule has 2 aliphatic rings. The van der Waals surface area contributed by atoms with Crippen LogP contribution in [-0.2, 0) is 4.79 Å². The van der Waals surface area contributed by atoms with E-state index in [0.717, 1.165) is 41.7 Å². The van der Waals surface area contributed by atoms with Crippen LogP contribution in [0.5, 0.6) is 0 Å². The minimum Gasteiger partial charge on any atom is -0.284 e. The Labute approximate surface area is 197 Å². The maximum atomic E-state index is 13.3. The number of anilines is 1. The van der Waals surface area contributed by atoms with Crippen molar-refractivity contribution in [3.8, 4) is 0 Å². The Bertz CT molecular complexity index is 941. The molecule has 1 N–H and O–H groups in total. The monoisotopic (exact) mass is 502 g/mol. The van der Waals surface area contributed by atoms with E-state index in [4.69, 9.17) is 16.7 Å². The van der Waals surface area contributed by atoms with Gasteiger partial charge in [-0.1, -0.05) is 78.0 Å². The maximum Gasteiger partial charge on any atom is 0.282 e. The Balaban J connectivity index is 1.62. The number of benzene rings is 2. The third-order valence-corrected chi connectivity index (χ3v) is 6.89. The first kappa shape index (κ1) is 22.3. The van der Waals surface area contributed by atoms with Gasteiger partial charge in [0.25, 0.3) is 5.91 Å². The van der Waals surface area contributed by atoms with Gasteiger partial charge in [0.05, 0.1) is 16.8 Å². The van der Waals surface area contributed by atoms with Gasteiger partial charge in [-0.15, -0.1) is 0 Å². The summed E-state index contributed by atoms with van der Waals surface area (Å²) in [6.07, 6.45) is 5.93. The summed E-state index contributed by atoms with van der Waals surface area (Å²) in [4.78, 5) is 13.3. The molecule has 0 spiro atoms. The number of hydrazine groups is 1. The number of hydrazone groups is 1. The van der Waals surface area contributed by atoms with Crippen molar-refractivity contribution in [3.05, 3.63) is 63.6 Å². The Morgan fingerprint density at radius 1 is 1.03 bits per heavy atom. The van der Waals surface area contributed by atoms with Crippen molar-refractivity contribution in [2.45, 2.75) is 45.1 Å². The number of carbonyl (C=O) groups excluding carboxylic acids is 1. The van der Waals surface area contributed by atoms with E-state index in [9.17, 15) is 4.79 Å². The summed E-state index contributed by atoms with van der Waals surface area (Å²) in [7, 11) is 0. The van der Waals surface area contributed by atoms with Gasteiger partial charge in [0.15, 0.2) is 0 Å². The summed E-state index contributed by atoms with van der Waals surface area (Å²) in [5, 5.41) is 9.38. The van der Waals surface area contributed by atoms with E-state index in [-0.39, 0.29) is 17.9 Å². The predicted octanol–water partition coefficient (Wildman–Crippen LogP) is 5.95. The third-order valence-electron chi connectivity index (χ3n) is 6.04. The van der Waals surface area contributed by atoms with Gasteiger partial charge in [0, 0.05) is 23.5 Å². The van der Waals surface area contributed by atoms with Crippen LogP contribution in [0, 0.1) is 5.92 Å². The molecule has 2 aromatic rings. The fourth-order valence-corrected chi connectivity index (χ4v) is 4.86. The highest BCUT2D eigenvalue weighted by molar-refractivity contribution is 9.10. The fourth-order valence-electron chi connectivity index (χ4n) is 4.37. The van der Waals surface area contributed by atoms with Crippen molar-refractivity contribution in [1.29, 1.82) is 0 Å². The first-order chi connectivity index (χ1) is 15.0. The molecule has 4 rings (SSSR count). The lowest BCUT2D eigenvalue weighted by Gasteiger charge is -2.28. The van der Waals surface area contributed by atoms with Crippen LogP contribution in [0.3, 0.4) is 0 Å². The number of carbonyl (C=O) groups is 1. The van der Waals surface area contributed by atoms with E-state index >= 15 is 0 Å². The second-order valence-electron chi connectivity index (χ2n) is 8.26. The minimum atomic E-state index is -0.121. The number of hydrogen-bond acceptors (Lipinski definition) is 4. The Morgan fingerprint density at radius 3 is 2.35 bits per heavy atom. The zero-order chi connectivity index (χ0) is 21.8. The average Bonchev–Trinajstić information content (AvgIpc) is 3.08. The Hall–Kier alpha value is -1.89. The van der Waals surface area contributed by atoms with Gasteiger partial charge in [0.2, 0.25) is 0 Å². The molecule has 2 aromatic carbocycles. The van der Waals surface area contributed by atoms with Crippen molar-refractivity contribution in [2.24, 2.45) is 11.0 Å². The molecule has 0 aromatic heterocycles. The van der Waals surface area contributed by atoms with Crippen LogP contribution >= 0.6 is 27.5 Å². The average molecular weight is 504 g/mol.